The molecule has 2 N–H and O–H groups in total. The molecule has 4 atom stereocenters. The Balaban J connectivity index is 1.44. The van der Waals surface area contributed by atoms with Crippen LogP contribution in [0, 0.1) is 5.41 Å². The Labute approximate surface area is 331 Å². The second kappa shape index (κ2) is 16.3. The molecule has 3 aliphatic carbocycles. The normalized spacial score (nSPS) is 23.5. The third-order valence-corrected chi connectivity index (χ3v) is 14.6. The highest BCUT2D eigenvalue weighted by Crippen LogP contribution is 2.59. The first-order chi connectivity index (χ1) is 26.7. The molecular formula is C42H43F6NO6S2. The van der Waals surface area contributed by atoms with Crippen molar-refractivity contribution < 1.29 is 54.5 Å². The molecule has 3 aromatic carbocycles. The van der Waals surface area contributed by atoms with E-state index in [1.165, 1.54) is 30.3 Å². The van der Waals surface area contributed by atoms with Crippen LogP contribution in [0.4, 0.5) is 26.3 Å². The van der Waals surface area contributed by atoms with Gasteiger partial charge in [0.05, 0.1) is 17.3 Å². The third-order valence-electron chi connectivity index (χ3n) is 11.4. The van der Waals surface area contributed by atoms with Crippen molar-refractivity contribution in [3.8, 4) is 5.75 Å². The summed E-state index contributed by atoms with van der Waals surface area (Å²) in [6.07, 6.45) is -6.02. The minimum atomic E-state index is -4.92. The zero-order valence-electron chi connectivity index (χ0n) is 31.2. The van der Waals surface area contributed by atoms with E-state index in [0.717, 1.165) is 45.5 Å². The van der Waals surface area contributed by atoms with Gasteiger partial charge in [-0.15, -0.1) is 24.5 Å². The Kier molecular flexibility index (Phi) is 12.2. The van der Waals surface area contributed by atoms with Crippen LogP contribution in [0.25, 0.3) is 0 Å². The van der Waals surface area contributed by atoms with Crippen LogP contribution in [-0.2, 0) is 29.2 Å². The van der Waals surface area contributed by atoms with Gasteiger partial charge < -0.3 is 14.9 Å². The molecule has 1 saturated carbocycles. The highest BCUT2D eigenvalue weighted by atomic mass is 32.2. The fourth-order valence-corrected chi connectivity index (χ4v) is 10.9. The van der Waals surface area contributed by atoms with Crippen LogP contribution in [0.3, 0.4) is 0 Å². The van der Waals surface area contributed by atoms with E-state index in [1.54, 1.807) is 29.6 Å². The number of carbonyl (C=O) groups is 1. The summed E-state index contributed by atoms with van der Waals surface area (Å²) in [6, 6.07) is 17.1. The summed E-state index contributed by atoms with van der Waals surface area (Å²) < 4.78 is 114. The molecule has 7 nitrogen and oxygen atoms in total. The van der Waals surface area contributed by atoms with Gasteiger partial charge in [0.25, 0.3) is 10.0 Å². The van der Waals surface area contributed by atoms with Gasteiger partial charge in [0, 0.05) is 29.6 Å². The van der Waals surface area contributed by atoms with E-state index in [1.807, 2.05) is 19.9 Å². The second-order valence-corrected chi connectivity index (χ2v) is 18.4. The smallest absolute Gasteiger partial charge is 0.406 e. The van der Waals surface area contributed by atoms with Gasteiger partial charge in [0.15, 0.2) is 5.78 Å². The first-order valence-corrected chi connectivity index (χ1v) is 20.8. The topological polar surface area (TPSA) is 104 Å². The minimum absolute atomic E-state index is 0.000800. The Hall–Kier alpha value is -4.02. The predicted molar refractivity (Wildman–Crippen MR) is 203 cm³/mol. The molecule has 1 heterocycles. The van der Waals surface area contributed by atoms with Crippen molar-refractivity contribution in [3.05, 3.63) is 129 Å². The standard InChI is InChI=1S/C42H43F6NO6S2/c1-27-6-4-19-39(2)36(34-17-13-29(22-32(50)14-10-27)23-35(34)38(51)30-7-3-8-31(24-30)41(43,44)45)18-20-40(39,52)26-49(57(53,54)37-9-5-21-56-37)25-28-11-15-33(16-12-28)55-42(46,47)48/h3,5-9,11-13,15-17,21,23-24,32,36,50,52H,4,10,14,18-20,22,25-26H2,1-2H3/t32-,36-,39-,40+/m0/s1. The minimum Gasteiger partial charge on any atom is -0.406 e. The number of carbonyl (C=O) groups excluding carboxylic acids is 1. The molecule has 0 amide bonds. The Bertz CT molecular complexity index is 2200. The fraction of sp³-hybridized carbons (Fsp3) is 0.405. The molecule has 7 rings (SSSR count). The van der Waals surface area contributed by atoms with E-state index < -0.39 is 69.2 Å². The predicted octanol–water partition coefficient (Wildman–Crippen LogP) is 9.83. The number of hydrogen-bond donors (Lipinski definition) is 2. The summed E-state index contributed by atoms with van der Waals surface area (Å²) in [5, 5.41) is 25.4. The SMILES string of the molecule is CC1=CCC[C@@]2(C)[C@@H](CC[C@@]2(O)CN(Cc2ccc(OC(F)(F)F)cc2)S(=O)(=O)c2cccs2)c2ccc(cc2C(=O)c2cccc(C(F)(F)F)c2)C[C@@H](O)CC1. The molecule has 1 aromatic heterocycles. The maximum atomic E-state index is 14.3. The lowest BCUT2D eigenvalue weighted by atomic mass is 9.64. The number of alkyl halides is 6. The van der Waals surface area contributed by atoms with Gasteiger partial charge in [-0.2, -0.15) is 17.5 Å². The van der Waals surface area contributed by atoms with E-state index >= 15 is 0 Å². The summed E-state index contributed by atoms with van der Waals surface area (Å²) in [5.41, 5.74) is -1.44. The zero-order valence-corrected chi connectivity index (χ0v) is 32.9. The van der Waals surface area contributed by atoms with E-state index in [-0.39, 0.29) is 41.1 Å². The van der Waals surface area contributed by atoms with E-state index in [0.29, 0.717) is 42.4 Å². The number of aliphatic hydroxyl groups is 2. The molecule has 0 saturated heterocycles. The largest absolute Gasteiger partial charge is 0.573 e. The van der Waals surface area contributed by atoms with Gasteiger partial charge in [-0.05, 0) is 116 Å². The lowest BCUT2D eigenvalue weighted by Crippen LogP contribution is -2.53. The Morgan fingerprint density at radius 3 is 2.37 bits per heavy atom. The van der Waals surface area contributed by atoms with Crippen LogP contribution >= 0.6 is 11.3 Å². The second-order valence-electron chi connectivity index (χ2n) is 15.3. The van der Waals surface area contributed by atoms with Crippen LogP contribution < -0.4 is 4.74 Å². The monoisotopic (exact) mass is 835 g/mol. The van der Waals surface area contributed by atoms with Crippen molar-refractivity contribution in [1.82, 2.24) is 4.31 Å². The summed E-state index contributed by atoms with van der Waals surface area (Å²) in [5.74, 6) is -1.72. The van der Waals surface area contributed by atoms with Crippen molar-refractivity contribution in [2.24, 2.45) is 5.41 Å². The molecular weight excluding hydrogens is 793 g/mol. The number of nitrogens with zero attached hydrogens (tertiary/aromatic N) is 1. The van der Waals surface area contributed by atoms with Crippen molar-refractivity contribution in [2.45, 2.75) is 99.7 Å². The number of aliphatic hydroxyl groups excluding tert-OH is 1. The molecule has 0 radical (unpaired) electrons. The van der Waals surface area contributed by atoms with E-state index in [4.69, 9.17) is 0 Å². The number of hydrogen-bond acceptors (Lipinski definition) is 7. The number of rotatable bonds is 9. The van der Waals surface area contributed by atoms with Crippen molar-refractivity contribution in [2.75, 3.05) is 6.54 Å². The van der Waals surface area contributed by atoms with Gasteiger partial charge in [0.2, 0.25) is 0 Å². The Morgan fingerprint density at radius 1 is 0.965 bits per heavy atom. The maximum Gasteiger partial charge on any atom is 0.573 e. The Morgan fingerprint density at radius 2 is 1.70 bits per heavy atom. The lowest BCUT2D eigenvalue weighted by Gasteiger charge is -2.46. The van der Waals surface area contributed by atoms with Crippen molar-refractivity contribution in [3.63, 3.8) is 0 Å². The average molecular weight is 836 g/mol. The van der Waals surface area contributed by atoms with Gasteiger partial charge >= 0.3 is 12.5 Å². The van der Waals surface area contributed by atoms with Gasteiger partial charge in [-0.3, -0.25) is 4.79 Å². The summed E-state index contributed by atoms with van der Waals surface area (Å²) in [7, 11) is -4.27. The first kappa shape index (κ1) is 42.6. The number of allylic oxidation sites excluding steroid dienone is 2. The summed E-state index contributed by atoms with van der Waals surface area (Å²) in [6.45, 7) is 3.07. The van der Waals surface area contributed by atoms with Gasteiger partial charge in [-0.1, -0.05) is 61.0 Å². The highest BCUT2D eigenvalue weighted by molar-refractivity contribution is 7.91. The highest BCUT2D eigenvalue weighted by Gasteiger charge is 2.58. The van der Waals surface area contributed by atoms with E-state index in [2.05, 4.69) is 4.74 Å². The molecule has 306 valence electrons. The summed E-state index contributed by atoms with van der Waals surface area (Å²) >= 11 is 0.976. The summed E-state index contributed by atoms with van der Waals surface area (Å²) in [4.78, 5) is 14.3. The molecule has 2 bridgehead atoms. The number of thiophene rings is 1. The molecule has 0 unspecified atom stereocenters. The van der Waals surface area contributed by atoms with Crippen LogP contribution in [0.1, 0.15) is 96.5 Å². The molecule has 3 aliphatic rings. The van der Waals surface area contributed by atoms with Crippen LogP contribution in [0.2, 0.25) is 0 Å². The number of ketones is 1. The number of sulfonamides is 1. The number of benzene rings is 3. The van der Waals surface area contributed by atoms with Crippen LogP contribution in [-0.4, -0.2) is 53.3 Å². The van der Waals surface area contributed by atoms with Crippen molar-refractivity contribution >= 4 is 27.1 Å². The average Bonchev–Trinajstić information content (AvgIpc) is 3.77. The van der Waals surface area contributed by atoms with Gasteiger partial charge in [-0.25, -0.2) is 8.42 Å². The lowest BCUT2D eigenvalue weighted by molar-refractivity contribution is -0.274. The molecule has 0 spiro atoms. The molecule has 0 aliphatic heterocycles. The molecule has 1 fully saturated rings. The van der Waals surface area contributed by atoms with Gasteiger partial charge in [0.1, 0.15) is 9.96 Å². The maximum absolute atomic E-state index is 14.3. The molecule has 57 heavy (non-hydrogen) atoms. The molecule has 4 aromatic rings. The number of ether oxygens (including phenoxy) is 1. The quantitative estimate of drug-likeness (QED) is 0.0989. The number of fused-ring (bicyclic) bond motifs is 8. The number of halogens is 6. The zero-order chi connectivity index (χ0) is 41.4. The first-order valence-electron chi connectivity index (χ1n) is 18.5. The van der Waals surface area contributed by atoms with Crippen molar-refractivity contribution in [1.29, 1.82) is 0 Å². The van der Waals surface area contributed by atoms with Crippen LogP contribution in [0.15, 0.2) is 100 Å². The van der Waals surface area contributed by atoms with E-state index in [9.17, 15) is 49.8 Å². The van der Waals surface area contributed by atoms with Crippen LogP contribution in [0.5, 0.6) is 5.75 Å². The third kappa shape index (κ3) is 9.49. The molecule has 15 heteroatoms. The fourth-order valence-electron chi connectivity index (χ4n) is 8.24.